The molecule has 9 rings (SSSR count). The summed E-state index contributed by atoms with van der Waals surface area (Å²) in [7, 11) is 0. The van der Waals surface area contributed by atoms with E-state index in [1.807, 2.05) is 0 Å². The van der Waals surface area contributed by atoms with Crippen LogP contribution >= 0.6 is 11.8 Å². The van der Waals surface area contributed by atoms with Crippen LogP contribution in [0.5, 0.6) is 0 Å². The predicted molar refractivity (Wildman–Crippen MR) is 252 cm³/mol. The van der Waals surface area contributed by atoms with E-state index in [0.29, 0.717) is 0 Å². The summed E-state index contributed by atoms with van der Waals surface area (Å²) >= 11 is 1.78. The van der Waals surface area contributed by atoms with Crippen LogP contribution in [0.3, 0.4) is 0 Å². The van der Waals surface area contributed by atoms with E-state index in [1.165, 1.54) is 54.3 Å². The molecule has 9 aromatic carbocycles. The first-order chi connectivity index (χ1) is 29.0. The third-order valence-electron chi connectivity index (χ3n) is 10.6. The van der Waals surface area contributed by atoms with Gasteiger partial charge >= 0.3 is 0 Å². The summed E-state index contributed by atoms with van der Waals surface area (Å²) in [5, 5.41) is 0. The van der Waals surface area contributed by atoms with Crippen molar-refractivity contribution in [1.82, 2.24) is 0 Å². The Morgan fingerprint density at radius 1 is 0.254 bits per heavy atom. The van der Waals surface area contributed by atoms with Crippen molar-refractivity contribution in [3.8, 4) is 33.4 Å². The molecule has 0 saturated heterocycles. The minimum Gasteiger partial charge on any atom is -0.310 e. The molecule has 0 heterocycles. The molecule has 0 N–H and O–H groups in total. The summed E-state index contributed by atoms with van der Waals surface area (Å²) in [6, 6.07) is 82.9. The average Bonchev–Trinajstić information content (AvgIpc) is 3.29. The summed E-state index contributed by atoms with van der Waals surface area (Å²) in [5.74, 6) is 0. The lowest BCUT2D eigenvalue weighted by Crippen LogP contribution is -2.10. The zero-order valence-corrected chi connectivity index (χ0v) is 34.1. The molecule has 3 heteroatoms. The van der Waals surface area contributed by atoms with Gasteiger partial charge in [0.15, 0.2) is 0 Å². The molecule has 284 valence electrons. The van der Waals surface area contributed by atoms with Gasteiger partial charge in [-0.1, -0.05) is 145 Å². The Morgan fingerprint density at radius 3 is 0.881 bits per heavy atom. The van der Waals surface area contributed by atoms with Crippen molar-refractivity contribution in [3.63, 3.8) is 0 Å². The Morgan fingerprint density at radius 2 is 0.542 bits per heavy atom. The predicted octanol–water partition coefficient (Wildman–Crippen LogP) is 16.4. The molecule has 59 heavy (non-hydrogen) atoms. The molecule has 0 fully saturated rings. The van der Waals surface area contributed by atoms with Crippen LogP contribution in [0.15, 0.2) is 240 Å². The van der Waals surface area contributed by atoms with Gasteiger partial charge in [-0.05, 0) is 155 Å². The molecule has 0 aliphatic heterocycles. The summed E-state index contributed by atoms with van der Waals surface area (Å²) in [6.07, 6.45) is 0. The van der Waals surface area contributed by atoms with E-state index in [0.717, 1.165) is 34.1 Å². The molecule has 0 radical (unpaired) electrons. The van der Waals surface area contributed by atoms with Crippen LogP contribution < -0.4 is 9.80 Å². The third kappa shape index (κ3) is 8.62. The van der Waals surface area contributed by atoms with Gasteiger partial charge in [0.25, 0.3) is 0 Å². The Balaban J connectivity index is 0.919. The van der Waals surface area contributed by atoms with Crippen molar-refractivity contribution in [2.45, 2.75) is 23.6 Å². The maximum atomic E-state index is 2.33. The van der Waals surface area contributed by atoms with Crippen molar-refractivity contribution in [3.05, 3.63) is 242 Å². The molecular formula is C56H44N2S. The first-order valence-corrected chi connectivity index (χ1v) is 20.9. The highest BCUT2D eigenvalue weighted by Crippen LogP contribution is 2.40. The van der Waals surface area contributed by atoms with Crippen molar-refractivity contribution in [2.24, 2.45) is 0 Å². The Bertz CT molecular complexity index is 2760. The number of rotatable bonds is 11. The molecular weight excluding hydrogens is 733 g/mol. The lowest BCUT2D eigenvalue weighted by Gasteiger charge is -2.26. The fourth-order valence-electron chi connectivity index (χ4n) is 7.61. The quantitative estimate of drug-likeness (QED) is 0.129. The normalized spacial score (nSPS) is 10.9. The number of benzene rings is 9. The molecule has 0 aliphatic rings. The first kappa shape index (κ1) is 37.5. The van der Waals surface area contributed by atoms with Gasteiger partial charge in [0.05, 0.1) is 0 Å². The smallest absolute Gasteiger partial charge is 0.0464 e. The topological polar surface area (TPSA) is 6.48 Å². The van der Waals surface area contributed by atoms with E-state index in [-0.39, 0.29) is 0 Å². The molecule has 2 nitrogen and oxygen atoms in total. The fraction of sp³-hybridized carbons (Fsp3) is 0.0357. The molecule has 0 aliphatic carbocycles. The SMILES string of the molecule is Cc1cccc(N(c2ccc(Sc3ccc(-c4ccc(N(c5ccc(-c6ccccc6)cc5)c5cccc(C)c5)cc4)cc3)cc2)c2ccc(-c3ccccc3)cc2)c1. The van der Waals surface area contributed by atoms with Crippen LogP contribution in [0, 0.1) is 13.8 Å². The van der Waals surface area contributed by atoms with Gasteiger partial charge in [-0.2, -0.15) is 0 Å². The summed E-state index contributed by atoms with van der Waals surface area (Å²) < 4.78 is 0. The number of aryl methyl sites for hydroxylation is 2. The Kier molecular flexibility index (Phi) is 10.9. The summed E-state index contributed by atoms with van der Waals surface area (Å²) in [5.41, 5.74) is 16.5. The van der Waals surface area contributed by atoms with Crippen molar-refractivity contribution < 1.29 is 0 Å². The number of hydrogen-bond donors (Lipinski definition) is 0. The zero-order valence-electron chi connectivity index (χ0n) is 33.2. The Hall–Kier alpha value is -7.07. The second kappa shape index (κ2) is 17.2. The standard InChI is InChI=1S/C56H44N2S/c1-41-11-9-17-53(39-41)57(49-27-19-45(20-28-49)43-13-5-3-6-14-43)50-31-23-47(24-32-50)48-25-35-55(36-26-48)59-56-37-33-52(34-38-56)58(54-18-10-12-42(2)40-54)51-29-21-46(22-30-51)44-15-7-4-8-16-44/h3-40H,1-2H3. The van der Waals surface area contributed by atoms with Crippen LogP contribution in [0.2, 0.25) is 0 Å². The third-order valence-corrected chi connectivity index (χ3v) is 11.6. The highest BCUT2D eigenvalue weighted by atomic mass is 32.2. The van der Waals surface area contributed by atoms with Gasteiger partial charge in [0, 0.05) is 43.9 Å². The monoisotopic (exact) mass is 776 g/mol. The molecule has 0 amide bonds. The van der Waals surface area contributed by atoms with Gasteiger partial charge < -0.3 is 9.80 Å². The number of anilines is 6. The summed E-state index contributed by atoms with van der Waals surface area (Å²) in [4.78, 5) is 7.06. The largest absolute Gasteiger partial charge is 0.310 e. The van der Waals surface area contributed by atoms with E-state index in [9.17, 15) is 0 Å². The van der Waals surface area contributed by atoms with Gasteiger partial charge in [0.2, 0.25) is 0 Å². The van der Waals surface area contributed by atoms with Crippen LogP contribution in [0.1, 0.15) is 11.1 Å². The van der Waals surface area contributed by atoms with Gasteiger partial charge in [-0.25, -0.2) is 0 Å². The van der Waals surface area contributed by atoms with Gasteiger partial charge in [0.1, 0.15) is 0 Å². The van der Waals surface area contributed by atoms with Crippen molar-refractivity contribution in [1.29, 1.82) is 0 Å². The van der Waals surface area contributed by atoms with E-state index in [4.69, 9.17) is 0 Å². The van der Waals surface area contributed by atoms with Crippen LogP contribution in [0.4, 0.5) is 34.1 Å². The highest BCUT2D eigenvalue weighted by Gasteiger charge is 2.15. The molecule has 0 bridgehead atoms. The Labute approximate surface area is 352 Å². The number of nitrogens with zero attached hydrogens (tertiary/aromatic N) is 2. The second-order valence-corrected chi connectivity index (χ2v) is 16.0. The molecule has 0 unspecified atom stereocenters. The minimum atomic E-state index is 1.12. The minimum absolute atomic E-state index is 1.12. The lowest BCUT2D eigenvalue weighted by molar-refractivity contribution is 1.26. The molecule has 0 atom stereocenters. The maximum Gasteiger partial charge on any atom is 0.0464 e. The van der Waals surface area contributed by atoms with Crippen LogP contribution in [0.25, 0.3) is 33.4 Å². The molecule has 0 spiro atoms. The van der Waals surface area contributed by atoms with Gasteiger partial charge in [-0.3, -0.25) is 0 Å². The maximum absolute atomic E-state index is 2.33. The lowest BCUT2D eigenvalue weighted by atomic mass is 10.0. The highest BCUT2D eigenvalue weighted by molar-refractivity contribution is 7.99. The van der Waals surface area contributed by atoms with Crippen LogP contribution in [-0.4, -0.2) is 0 Å². The van der Waals surface area contributed by atoms with E-state index < -0.39 is 0 Å². The van der Waals surface area contributed by atoms with Gasteiger partial charge in [-0.15, -0.1) is 0 Å². The fourth-order valence-corrected chi connectivity index (χ4v) is 8.43. The zero-order chi connectivity index (χ0) is 40.0. The van der Waals surface area contributed by atoms with E-state index in [1.54, 1.807) is 11.8 Å². The van der Waals surface area contributed by atoms with Crippen molar-refractivity contribution >= 4 is 45.9 Å². The second-order valence-electron chi connectivity index (χ2n) is 14.8. The van der Waals surface area contributed by atoms with Crippen molar-refractivity contribution in [2.75, 3.05) is 9.80 Å². The molecule has 9 aromatic rings. The first-order valence-electron chi connectivity index (χ1n) is 20.1. The average molecular weight is 777 g/mol. The molecule has 0 saturated carbocycles. The summed E-state index contributed by atoms with van der Waals surface area (Å²) in [6.45, 7) is 4.29. The van der Waals surface area contributed by atoms with Crippen LogP contribution in [-0.2, 0) is 0 Å². The van der Waals surface area contributed by atoms with E-state index >= 15 is 0 Å². The van der Waals surface area contributed by atoms with E-state index in [2.05, 4.69) is 254 Å². The number of hydrogen-bond acceptors (Lipinski definition) is 3. The molecule has 0 aromatic heterocycles.